The summed E-state index contributed by atoms with van der Waals surface area (Å²) in [4.78, 5) is 4.60. The SMILES string of the molecule is Nc1cc(Cl)ccc1-c1n[nH]c(C2CCCCC2)n1. The molecule has 1 heterocycles. The predicted molar refractivity (Wildman–Crippen MR) is 77.1 cm³/mol. The topological polar surface area (TPSA) is 67.6 Å². The van der Waals surface area contributed by atoms with Gasteiger partial charge in [-0.2, -0.15) is 5.10 Å². The second kappa shape index (κ2) is 5.21. The van der Waals surface area contributed by atoms with Crippen molar-refractivity contribution in [2.24, 2.45) is 0 Å². The van der Waals surface area contributed by atoms with Crippen molar-refractivity contribution in [1.29, 1.82) is 0 Å². The first kappa shape index (κ1) is 12.5. The van der Waals surface area contributed by atoms with Gasteiger partial charge in [0.05, 0.1) is 0 Å². The van der Waals surface area contributed by atoms with E-state index in [1.54, 1.807) is 6.07 Å². The molecular formula is C14H17ClN4. The zero-order chi connectivity index (χ0) is 13.2. The van der Waals surface area contributed by atoms with Crippen LogP contribution in [0.4, 0.5) is 5.69 Å². The monoisotopic (exact) mass is 276 g/mol. The van der Waals surface area contributed by atoms with Crippen LogP contribution < -0.4 is 5.73 Å². The number of H-pyrrole nitrogens is 1. The van der Waals surface area contributed by atoms with Crippen molar-refractivity contribution < 1.29 is 0 Å². The van der Waals surface area contributed by atoms with E-state index in [0.717, 1.165) is 11.4 Å². The predicted octanol–water partition coefficient (Wildman–Crippen LogP) is 3.76. The minimum Gasteiger partial charge on any atom is -0.398 e. The molecule has 0 spiro atoms. The molecule has 19 heavy (non-hydrogen) atoms. The van der Waals surface area contributed by atoms with Gasteiger partial charge in [-0.25, -0.2) is 4.98 Å². The highest BCUT2D eigenvalue weighted by atomic mass is 35.5. The van der Waals surface area contributed by atoms with Gasteiger partial charge in [-0.15, -0.1) is 0 Å². The van der Waals surface area contributed by atoms with Gasteiger partial charge in [0.15, 0.2) is 5.82 Å². The molecule has 1 fully saturated rings. The lowest BCUT2D eigenvalue weighted by Gasteiger charge is -2.18. The smallest absolute Gasteiger partial charge is 0.183 e. The van der Waals surface area contributed by atoms with Crippen LogP contribution in [-0.2, 0) is 0 Å². The van der Waals surface area contributed by atoms with Crippen LogP contribution in [0.5, 0.6) is 0 Å². The Morgan fingerprint density at radius 3 is 2.74 bits per heavy atom. The Morgan fingerprint density at radius 2 is 2.00 bits per heavy atom. The highest BCUT2D eigenvalue weighted by Gasteiger charge is 2.20. The first-order valence-corrected chi connectivity index (χ1v) is 7.09. The molecule has 1 aliphatic carbocycles. The van der Waals surface area contributed by atoms with Gasteiger partial charge < -0.3 is 5.73 Å². The normalized spacial score (nSPS) is 16.7. The van der Waals surface area contributed by atoms with Crippen molar-refractivity contribution in [3.05, 3.63) is 29.0 Å². The van der Waals surface area contributed by atoms with E-state index >= 15 is 0 Å². The zero-order valence-electron chi connectivity index (χ0n) is 10.7. The molecule has 1 aliphatic rings. The molecule has 100 valence electrons. The van der Waals surface area contributed by atoms with E-state index in [1.165, 1.54) is 32.1 Å². The van der Waals surface area contributed by atoms with Crippen LogP contribution >= 0.6 is 11.6 Å². The number of nitrogens with zero attached hydrogens (tertiary/aromatic N) is 2. The number of nitrogen functional groups attached to an aromatic ring is 1. The highest BCUT2D eigenvalue weighted by Crippen LogP contribution is 2.32. The lowest BCUT2D eigenvalue weighted by atomic mass is 9.89. The summed E-state index contributed by atoms with van der Waals surface area (Å²) in [6.07, 6.45) is 6.30. The summed E-state index contributed by atoms with van der Waals surface area (Å²) in [5.41, 5.74) is 7.41. The van der Waals surface area contributed by atoms with Gasteiger partial charge in [-0.05, 0) is 31.0 Å². The van der Waals surface area contributed by atoms with Crippen LogP contribution in [0.15, 0.2) is 18.2 Å². The number of halogens is 1. The van der Waals surface area contributed by atoms with Crippen molar-refractivity contribution in [2.75, 3.05) is 5.73 Å². The number of aromatic nitrogens is 3. The van der Waals surface area contributed by atoms with Crippen molar-refractivity contribution in [3.63, 3.8) is 0 Å². The van der Waals surface area contributed by atoms with Gasteiger partial charge in [0.2, 0.25) is 0 Å². The second-order valence-corrected chi connectivity index (χ2v) is 5.55. The van der Waals surface area contributed by atoms with Crippen molar-refractivity contribution in [1.82, 2.24) is 15.2 Å². The maximum Gasteiger partial charge on any atom is 0.183 e. The van der Waals surface area contributed by atoms with E-state index in [-0.39, 0.29) is 0 Å². The molecule has 1 aromatic heterocycles. The fourth-order valence-electron chi connectivity index (χ4n) is 2.69. The summed E-state index contributed by atoms with van der Waals surface area (Å²) in [6.45, 7) is 0. The molecule has 0 bridgehead atoms. The van der Waals surface area contributed by atoms with Gasteiger partial charge in [0, 0.05) is 22.2 Å². The number of aromatic amines is 1. The van der Waals surface area contributed by atoms with Gasteiger partial charge >= 0.3 is 0 Å². The molecule has 3 rings (SSSR count). The molecule has 4 nitrogen and oxygen atoms in total. The Balaban J connectivity index is 1.87. The van der Waals surface area contributed by atoms with E-state index < -0.39 is 0 Å². The molecule has 0 atom stereocenters. The molecule has 0 saturated heterocycles. The molecule has 0 aliphatic heterocycles. The molecule has 1 aromatic carbocycles. The minimum atomic E-state index is 0.517. The molecule has 2 aromatic rings. The lowest BCUT2D eigenvalue weighted by Crippen LogP contribution is -2.06. The van der Waals surface area contributed by atoms with Crippen LogP contribution in [0.25, 0.3) is 11.4 Å². The first-order chi connectivity index (χ1) is 9.24. The summed E-state index contributed by atoms with van der Waals surface area (Å²) >= 11 is 5.90. The summed E-state index contributed by atoms with van der Waals surface area (Å²) < 4.78 is 0. The first-order valence-electron chi connectivity index (χ1n) is 6.72. The number of anilines is 1. The Morgan fingerprint density at radius 1 is 1.21 bits per heavy atom. The van der Waals surface area contributed by atoms with Crippen LogP contribution in [-0.4, -0.2) is 15.2 Å². The zero-order valence-corrected chi connectivity index (χ0v) is 11.5. The minimum absolute atomic E-state index is 0.517. The fraction of sp³-hybridized carbons (Fsp3) is 0.429. The number of nitrogens with two attached hydrogens (primary N) is 1. The quantitative estimate of drug-likeness (QED) is 0.821. The number of benzene rings is 1. The summed E-state index contributed by atoms with van der Waals surface area (Å²) in [6, 6.07) is 5.41. The number of nitrogens with one attached hydrogen (secondary N) is 1. The van der Waals surface area contributed by atoms with E-state index in [9.17, 15) is 0 Å². The molecule has 3 N–H and O–H groups in total. The number of hydrogen-bond acceptors (Lipinski definition) is 3. The fourth-order valence-corrected chi connectivity index (χ4v) is 2.87. The van der Waals surface area contributed by atoms with Crippen LogP contribution in [0.2, 0.25) is 5.02 Å². The third-order valence-corrected chi connectivity index (χ3v) is 3.98. The Bertz CT molecular complexity index is 573. The molecule has 1 saturated carbocycles. The number of rotatable bonds is 2. The van der Waals surface area contributed by atoms with Crippen molar-refractivity contribution in [3.8, 4) is 11.4 Å². The average molecular weight is 277 g/mol. The summed E-state index contributed by atoms with van der Waals surface area (Å²) in [5.74, 6) is 2.17. The molecule has 5 heteroatoms. The summed E-state index contributed by atoms with van der Waals surface area (Å²) in [5, 5.41) is 7.99. The standard InChI is InChI=1S/C14H17ClN4/c15-10-6-7-11(12(16)8-10)14-17-13(18-19-14)9-4-2-1-3-5-9/h6-9H,1-5,16H2,(H,17,18,19). The molecular weight excluding hydrogens is 260 g/mol. The molecule has 0 radical (unpaired) electrons. The van der Waals surface area contributed by atoms with Crippen molar-refractivity contribution >= 4 is 17.3 Å². The third-order valence-electron chi connectivity index (χ3n) is 3.75. The third kappa shape index (κ3) is 2.59. The van der Waals surface area contributed by atoms with Gasteiger partial charge in [0.1, 0.15) is 5.82 Å². The lowest BCUT2D eigenvalue weighted by molar-refractivity contribution is 0.429. The molecule has 0 amide bonds. The van der Waals surface area contributed by atoms with E-state index in [2.05, 4.69) is 15.2 Å². The Kier molecular flexibility index (Phi) is 3.42. The summed E-state index contributed by atoms with van der Waals surface area (Å²) in [7, 11) is 0. The maximum atomic E-state index is 5.96. The van der Waals surface area contributed by atoms with Crippen LogP contribution in [0.1, 0.15) is 43.8 Å². The highest BCUT2D eigenvalue weighted by molar-refractivity contribution is 6.31. The van der Waals surface area contributed by atoms with Crippen LogP contribution in [0.3, 0.4) is 0 Å². The van der Waals surface area contributed by atoms with Gasteiger partial charge in [-0.1, -0.05) is 30.9 Å². The van der Waals surface area contributed by atoms with Gasteiger partial charge in [0.25, 0.3) is 0 Å². The Hall–Kier alpha value is -1.55. The van der Waals surface area contributed by atoms with Crippen LogP contribution in [0, 0.1) is 0 Å². The largest absolute Gasteiger partial charge is 0.398 e. The molecule has 0 unspecified atom stereocenters. The van der Waals surface area contributed by atoms with E-state index in [0.29, 0.717) is 22.5 Å². The van der Waals surface area contributed by atoms with E-state index in [1.807, 2.05) is 12.1 Å². The number of hydrogen-bond donors (Lipinski definition) is 2. The van der Waals surface area contributed by atoms with E-state index in [4.69, 9.17) is 17.3 Å². The van der Waals surface area contributed by atoms with Gasteiger partial charge in [-0.3, -0.25) is 5.10 Å². The van der Waals surface area contributed by atoms with Crippen molar-refractivity contribution in [2.45, 2.75) is 38.0 Å². The maximum absolute atomic E-state index is 5.96. The second-order valence-electron chi connectivity index (χ2n) is 5.11. The Labute approximate surface area is 117 Å². The average Bonchev–Trinajstić information content (AvgIpc) is 2.89.